The molecule has 3 fully saturated rings. The fourth-order valence-corrected chi connectivity index (χ4v) is 8.00. The monoisotopic (exact) mass is 680 g/mol. The van der Waals surface area contributed by atoms with E-state index in [0.717, 1.165) is 28.5 Å². The van der Waals surface area contributed by atoms with Gasteiger partial charge in [-0.2, -0.15) is 18.4 Å². The van der Waals surface area contributed by atoms with Crippen molar-refractivity contribution in [3.8, 4) is 11.8 Å². The van der Waals surface area contributed by atoms with Crippen LogP contribution in [0.5, 0.6) is 5.75 Å². The number of likely N-dealkylation sites (tertiary alicyclic amines) is 1. The van der Waals surface area contributed by atoms with Crippen molar-refractivity contribution < 1.29 is 45.8 Å². The predicted octanol–water partition coefficient (Wildman–Crippen LogP) is 4.29. The summed E-state index contributed by atoms with van der Waals surface area (Å²) in [5.74, 6) is -3.03. The van der Waals surface area contributed by atoms with E-state index in [-0.39, 0.29) is 30.4 Å². The van der Waals surface area contributed by atoms with Crippen molar-refractivity contribution in [2.75, 3.05) is 26.4 Å². The molecule has 6 rings (SSSR count). The summed E-state index contributed by atoms with van der Waals surface area (Å²) in [6.45, 7) is -1.91. The number of sulfone groups is 1. The number of benzene rings is 3. The number of hydrazine groups is 1. The Bertz CT molecular complexity index is 1800. The van der Waals surface area contributed by atoms with Gasteiger partial charge < -0.3 is 19.1 Å². The average Bonchev–Trinajstić information content (AvgIpc) is 3.39. The van der Waals surface area contributed by atoms with Gasteiger partial charge >= 0.3 is 6.18 Å². The number of hydroxylamine groups is 1. The number of ether oxygens (including phenoxy) is 3. The van der Waals surface area contributed by atoms with Gasteiger partial charge in [0, 0.05) is 24.6 Å². The van der Waals surface area contributed by atoms with E-state index >= 15 is 0 Å². The van der Waals surface area contributed by atoms with Crippen LogP contribution in [0.4, 0.5) is 13.2 Å². The topological polar surface area (TPSA) is 141 Å². The summed E-state index contributed by atoms with van der Waals surface area (Å²) in [7, 11) is -4.35. The van der Waals surface area contributed by atoms with E-state index in [1.807, 2.05) is 18.2 Å². The molecule has 0 aromatic heterocycles. The number of hydrogen-bond acceptors (Lipinski definition) is 10. The van der Waals surface area contributed by atoms with E-state index in [2.05, 4.69) is 16.2 Å². The highest BCUT2D eigenvalue weighted by molar-refractivity contribution is 7.92. The molecule has 244 valence electrons. The molecule has 1 saturated carbocycles. The molecule has 0 spiro atoms. The summed E-state index contributed by atoms with van der Waals surface area (Å²) < 4.78 is 82.4. The maximum atomic E-state index is 14.6. The van der Waals surface area contributed by atoms with Crippen LogP contribution in [0, 0.1) is 11.3 Å². The molecule has 3 aliphatic rings. The van der Waals surface area contributed by atoms with Gasteiger partial charge in [0.15, 0.2) is 16.4 Å². The van der Waals surface area contributed by atoms with E-state index in [1.54, 1.807) is 24.3 Å². The number of fused-ring (bicyclic) bond motifs is 1. The molecule has 46 heavy (non-hydrogen) atoms. The van der Waals surface area contributed by atoms with Crippen LogP contribution in [0.3, 0.4) is 0 Å². The van der Waals surface area contributed by atoms with Gasteiger partial charge in [0.2, 0.25) is 0 Å². The number of nitrogens with zero attached hydrogens (tertiary/aromatic N) is 3. The van der Waals surface area contributed by atoms with Gasteiger partial charge in [0.05, 0.1) is 34.5 Å². The van der Waals surface area contributed by atoms with Crippen LogP contribution in [0.15, 0.2) is 65.6 Å². The van der Waals surface area contributed by atoms with E-state index in [9.17, 15) is 36.9 Å². The number of carbonyl (C=O) groups is 1. The number of nitriles is 1. The summed E-state index contributed by atoms with van der Waals surface area (Å²) in [6, 6.07) is 17.7. The Morgan fingerprint density at radius 3 is 2.50 bits per heavy atom. The number of rotatable bonds is 9. The lowest BCUT2D eigenvalue weighted by molar-refractivity contribution is -0.230. The summed E-state index contributed by atoms with van der Waals surface area (Å²) in [5, 5.41) is 21.1. The summed E-state index contributed by atoms with van der Waals surface area (Å²) >= 11 is 6.25. The quantitative estimate of drug-likeness (QED) is 0.315. The highest BCUT2D eigenvalue weighted by Gasteiger charge is 2.56. The Balaban J connectivity index is 1.35. The minimum absolute atomic E-state index is 0.0617. The van der Waals surface area contributed by atoms with Crippen molar-refractivity contribution in [3.05, 3.63) is 71.2 Å². The first-order chi connectivity index (χ1) is 21.8. The third-order valence-corrected chi connectivity index (χ3v) is 10.9. The smallest absolute Gasteiger partial charge is 0.422 e. The number of halogens is 4. The SMILES string of the molecule is N#CC1(NN(O)[C@@H]2C[C@@H](S(=O)(=O)c3ccc(OCC(F)(F)F)cc3Cl)CN2C(=O)C2(c3cccc4ccccc34)OCCO2)CC1. The first-order valence-corrected chi connectivity index (χ1v) is 16.2. The maximum Gasteiger partial charge on any atom is 0.422 e. The molecule has 3 aromatic rings. The van der Waals surface area contributed by atoms with Crippen molar-refractivity contribution >= 4 is 38.1 Å². The Hall–Kier alpha value is -3.49. The maximum absolute atomic E-state index is 14.6. The predicted molar refractivity (Wildman–Crippen MR) is 156 cm³/mol. The van der Waals surface area contributed by atoms with Gasteiger partial charge in [-0.25, -0.2) is 13.8 Å². The fourth-order valence-electron chi connectivity index (χ4n) is 5.78. The zero-order valence-corrected chi connectivity index (χ0v) is 25.6. The standard InChI is InChI=1S/C30H28ClF3N4O7S/c31-24-14-20(43-18-29(32,33)34)8-9-25(24)46(41,42)21-15-26(38(40)36-28(17-35)10-11-28)37(16-21)27(39)30(44-12-13-45-30)23-7-3-5-19-4-1-2-6-22(19)23/h1-9,14,21,26,36,40H,10-13,15-16,18H2/t21-,26-/m1/s1. The van der Waals surface area contributed by atoms with Crippen molar-refractivity contribution in [3.63, 3.8) is 0 Å². The molecule has 1 aliphatic carbocycles. The molecule has 0 radical (unpaired) electrons. The zero-order valence-electron chi connectivity index (χ0n) is 24.0. The Morgan fingerprint density at radius 1 is 1.15 bits per heavy atom. The number of hydrogen-bond donors (Lipinski definition) is 2. The molecular formula is C30H28ClF3N4O7S. The lowest BCUT2D eigenvalue weighted by Gasteiger charge is -2.37. The number of carbonyl (C=O) groups excluding carboxylic acids is 1. The molecule has 0 unspecified atom stereocenters. The van der Waals surface area contributed by atoms with Gasteiger partial charge in [0.1, 0.15) is 17.5 Å². The molecule has 2 saturated heterocycles. The van der Waals surface area contributed by atoms with Crippen LogP contribution in [0.25, 0.3) is 10.8 Å². The zero-order chi connectivity index (χ0) is 32.9. The van der Waals surface area contributed by atoms with Gasteiger partial charge in [-0.15, -0.1) is 5.17 Å². The molecule has 2 heterocycles. The molecule has 11 nitrogen and oxygen atoms in total. The highest BCUT2D eigenvalue weighted by Crippen LogP contribution is 2.42. The van der Waals surface area contributed by atoms with Crippen molar-refractivity contribution in [2.45, 2.75) is 53.1 Å². The molecule has 1 amide bonds. The van der Waals surface area contributed by atoms with Crippen LogP contribution in [0.2, 0.25) is 5.02 Å². The second kappa shape index (κ2) is 11.9. The summed E-state index contributed by atoms with van der Waals surface area (Å²) in [4.78, 5) is 15.3. The largest absolute Gasteiger partial charge is 0.484 e. The molecule has 2 atom stereocenters. The van der Waals surface area contributed by atoms with Crippen molar-refractivity contribution in [2.24, 2.45) is 0 Å². The molecule has 0 bridgehead atoms. The average molecular weight is 681 g/mol. The normalized spacial score (nSPS) is 22.2. The first kappa shape index (κ1) is 32.5. The van der Waals surface area contributed by atoms with E-state index < -0.39 is 62.7 Å². The van der Waals surface area contributed by atoms with E-state index in [4.69, 9.17) is 21.1 Å². The minimum atomic E-state index is -4.61. The second-order valence-corrected chi connectivity index (χ2v) is 13.9. The molecule has 16 heteroatoms. The van der Waals surface area contributed by atoms with Gasteiger partial charge in [-0.3, -0.25) is 10.0 Å². The van der Waals surface area contributed by atoms with Crippen LogP contribution in [0.1, 0.15) is 24.8 Å². The molecule has 2 N–H and O–H groups in total. The Labute approximate surface area is 266 Å². The lowest BCUT2D eigenvalue weighted by atomic mass is 9.96. The fraction of sp³-hybridized carbons (Fsp3) is 0.400. The third-order valence-electron chi connectivity index (χ3n) is 8.24. The number of amides is 1. The van der Waals surface area contributed by atoms with Crippen LogP contribution in [-0.4, -0.2) is 79.1 Å². The molecule has 3 aromatic carbocycles. The van der Waals surface area contributed by atoms with Gasteiger partial charge in [-0.05, 0) is 35.7 Å². The van der Waals surface area contributed by atoms with Gasteiger partial charge in [0.25, 0.3) is 11.7 Å². The van der Waals surface area contributed by atoms with Crippen molar-refractivity contribution in [1.82, 2.24) is 15.5 Å². The van der Waals surface area contributed by atoms with E-state index in [0.29, 0.717) is 29.0 Å². The van der Waals surface area contributed by atoms with Crippen LogP contribution in [-0.2, 0) is 29.9 Å². The molecule has 2 aliphatic heterocycles. The van der Waals surface area contributed by atoms with Crippen LogP contribution >= 0.6 is 11.6 Å². The highest BCUT2D eigenvalue weighted by atomic mass is 35.5. The third kappa shape index (κ3) is 6.02. The minimum Gasteiger partial charge on any atom is -0.484 e. The summed E-state index contributed by atoms with van der Waals surface area (Å²) in [5.41, 5.74) is 2.01. The Kier molecular flexibility index (Phi) is 8.43. The number of nitrogens with one attached hydrogen (secondary N) is 1. The van der Waals surface area contributed by atoms with E-state index in [1.165, 1.54) is 0 Å². The Morgan fingerprint density at radius 2 is 1.85 bits per heavy atom. The molecular weight excluding hydrogens is 653 g/mol. The first-order valence-electron chi connectivity index (χ1n) is 14.3. The number of alkyl halides is 3. The lowest BCUT2D eigenvalue weighted by Crippen LogP contribution is -2.58. The van der Waals surface area contributed by atoms with Gasteiger partial charge in [-0.1, -0.05) is 54.1 Å². The van der Waals surface area contributed by atoms with Crippen LogP contribution < -0.4 is 10.2 Å². The second-order valence-electron chi connectivity index (χ2n) is 11.3. The van der Waals surface area contributed by atoms with Crippen molar-refractivity contribution in [1.29, 1.82) is 5.26 Å². The summed E-state index contributed by atoms with van der Waals surface area (Å²) in [6.07, 6.45) is -5.39.